The molecule has 10 atom stereocenters. The van der Waals surface area contributed by atoms with E-state index in [9.17, 15) is 20.1 Å². The Morgan fingerprint density at radius 3 is 2.38 bits per heavy atom. The Labute approximate surface area is 176 Å². The Kier molecular flexibility index (Phi) is 5.38. The van der Waals surface area contributed by atoms with Crippen LogP contribution in [0.5, 0.6) is 0 Å². The third-order valence-corrected chi connectivity index (χ3v) is 10.6. The maximum atomic E-state index is 12.4. The van der Waals surface area contributed by atoms with E-state index >= 15 is 0 Å². The molecule has 0 amide bonds. The second-order valence-electron chi connectivity index (χ2n) is 11.8. The molecule has 29 heavy (non-hydrogen) atoms. The van der Waals surface area contributed by atoms with Crippen LogP contribution in [0.1, 0.15) is 91.9 Å². The summed E-state index contributed by atoms with van der Waals surface area (Å²) in [6.45, 7) is 9.41. The van der Waals surface area contributed by atoms with Crippen molar-refractivity contribution in [3.05, 3.63) is 0 Å². The number of fused-ring (bicyclic) bond motifs is 5. The van der Waals surface area contributed by atoms with Crippen molar-refractivity contribution < 1.29 is 20.1 Å². The van der Waals surface area contributed by atoms with Crippen LogP contribution in [0, 0.1) is 46.3 Å². The van der Waals surface area contributed by atoms with Crippen molar-refractivity contribution in [3.63, 3.8) is 0 Å². The van der Waals surface area contributed by atoms with Crippen LogP contribution in [0.3, 0.4) is 0 Å². The molecule has 166 valence electrons. The lowest BCUT2D eigenvalue weighted by molar-refractivity contribution is -0.226. The molecule has 0 heterocycles. The molecule has 4 saturated carbocycles. The van der Waals surface area contributed by atoms with E-state index in [1.54, 1.807) is 0 Å². The first-order valence-electron chi connectivity index (χ1n) is 12.2. The topological polar surface area (TPSA) is 77.8 Å². The molecule has 4 heteroatoms. The molecular weight excluding hydrogens is 364 g/mol. The molecule has 4 rings (SSSR count). The van der Waals surface area contributed by atoms with E-state index in [0.29, 0.717) is 30.6 Å². The van der Waals surface area contributed by atoms with Crippen molar-refractivity contribution in [1.82, 2.24) is 0 Å². The summed E-state index contributed by atoms with van der Waals surface area (Å²) in [5.41, 5.74) is -1.58. The van der Waals surface area contributed by atoms with Gasteiger partial charge < -0.3 is 15.3 Å². The molecule has 4 fully saturated rings. The zero-order valence-corrected chi connectivity index (χ0v) is 18.9. The molecular formula is C25H42O4. The molecule has 0 saturated heterocycles. The highest BCUT2D eigenvalue weighted by molar-refractivity contribution is 5.78. The average molecular weight is 407 g/mol. The number of carbonyl (C=O) groups is 1. The van der Waals surface area contributed by atoms with Crippen LogP contribution in [0.15, 0.2) is 0 Å². The molecule has 3 N–H and O–H groups in total. The highest BCUT2D eigenvalue weighted by Crippen LogP contribution is 2.69. The van der Waals surface area contributed by atoms with Crippen molar-refractivity contribution in [2.75, 3.05) is 0 Å². The van der Waals surface area contributed by atoms with E-state index < -0.39 is 17.7 Å². The highest BCUT2D eigenvalue weighted by atomic mass is 16.4. The third-order valence-electron chi connectivity index (χ3n) is 10.6. The summed E-state index contributed by atoms with van der Waals surface area (Å²) < 4.78 is 0. The maximum absolute atomic E-state index is 12.4. The summed E-state index contributed by atoms with van der Waals surface area (Å²) in [6, 6.07) is 0. The number of aliphatic carboxylic acids is 1. The SMILES string of the molecule is CCC[C@@H](C)[C@H]1CC[C@H]2[C@@H]3C[C@@](O)(C(=O)O)C4C[C@H](O)CC[C@]4(C)[C@H]3CC[C@]12C. The van der Waals surface area contributed by atoms with Crippen molar-refractivity contribution in [2.24, 2.45) is 46.3 Å². The maximum Gasteiger partial charge on any atom is 0.336 e. The van der Waals surface area contributed by atoms with Crippen LogP contribution in [0.25, 0.3) is 0 Å². The van der Waals surface area contributed by atoms with Gasteiger partial charge in [0.15, 0.2) is 5.60 Å². The minimum absolute atomic E-state index is 0.177. The van der Waals surface area contributed by atoms with E-state index in [-0.39, 0.29) is 16.7 Å². The number of rotatable bonds is 4. The Bertz CT molecular complexity index is 649. The van der Waals surface area contributed by atoms with Crippen LogP contribution < -0.4 is 0 Å². The van der Waals surface area contributed by atoms with Crippen LogP contribution >= 0.6 is 0 Å². The predicted octanol–water partition coefficient (Wildman–Crippen LogP) is 4.87. The van der Waals surface area contributed by atoms with Crippen molar-refractivity contribution in [1.29, 1.82) is 0 Å². The monoisotopic (exact) mass is 406 g/mol. The normalized spacial score (nSPS) is 52.9. The molecule has 0 aromatic rings. The smallest absolute Gasteiger partial charge is 0.336 e. The minimum Gasteiger partial charge on any atom is -0.479 e. The molecule has 4 aliphatic carbocycles. The quantitative estimate of drug-likeness (QED) is 0.622. The second-order valence-corrected chi connectivity index (χ2v) is 11.8. The third kappa shape index (κ3) is 3.03. The van der Waals surface area contributed by atoms with Gasteiger partial charge in [0.25, 0.3) is 0 Å². The van der Waals surface area contributed by atoms with Gasteiger partial charge in [0, 0.05) is 5.92 Å². The molecule has 4 nitrogen and oxygen atoms in total. The standard InChI is InChI=1S/C25H42O4/c1-5-6-15(2)18-7-8-19-17-14-25(29,22(27)28)21-13-16(26)9-11-24(21,4)20(17)10-12-23(18,19)3/h15-21,26,29H,5-14H2,1-4H3,(H,27,28)/t15-,16-,17+,18-,19+,20+,21?,23-,24-,25+/m1/s1. The zero-order valence-electron chi connectivity index (χ0n) is 18.9. The Hall–Kier alpha value is -0.610. The first kappa shape index (κ1) is 21.6. The van der Waals surface area contributed by atoms with E-state index in [2.05, 4.69) is 27.7 Å². The van der Waals surface area contributed by atoms with Crippen LogP contribution in [0.2, 0.25) is 0 Å². The summed E-state index contributed by atoms with van der Waals surface area (Å²) in [4.78, 5) is 12.4. The summed E-state index contributed by atoms with van der Waals surface area (Å²) >= 11 is 0. The highest BCUT2D eigenvalue weighted by Gasteiger charge is 2.67. The largest absolute Gasteiger partial charge is 0.479 e. The van der Waals surface area contributed by atoms with E-state index in [4.69, 9.17) is 0 Å². The fraction of sp³-hybridized carbons (Fsp3) is 0.960. The molecule has 0 bridgehead atoms. The van der Waals surface area contributed by atoms with Gasteiger partial charge in [0.1, 0.15) is 0 Å². The van der Waals surface area contributed by atoms with E-state index in [1.807, 2.05) is 0 Å². The number of aliphatic hydroxyl groups excluding tert-OH is 1. The summed E-state index contributed by atoms with van der Waals surface area (Å²) in [5.74, 6) is 1.36. The first-order chi connectivity index (χ1) is 13.6. The number of carboxylic acids is 1. The van der Waals surface area contributed by atoms with Gasteiger partial charge >= 0.3 is 5.97 Å². The molecule has 1 unspecified atom stereocenters. The lowest BCUT2D eigenvalue weighted by Crippen LogP contribution is -2.65. The average Bonchev–Trinajstić information content (AvgIpc) is 3.01. The summed E-state index contributed by atoms with van der Waals surface area (Å²) in [6.07, 6.45) is 9.28. The molecule has 0 radical (unpaired) electrons. The molecule has 0 aromatic carbocycles. The van der Waals surface area contributed by atoms with E-state index in [0.717, 1.165) is 31.1 Å². The van der Waals surface area contributed by atoms with Gasteiger partial charge in [-0.2, -0.15) is 0 Å². The number of hydrogen-bond acceptors (Lipinski definition) is 3. The Morgan fingerprint density at radius 1 is 1.07 bits per heavy atom. The van der Waals surface area contributed by atoms with Crippen molar-refractivity contribution in [3.8, 4) is 0 Å². The van der Waals surface area contributed by atoms with E-state index in [1.165, 1.54) is 32.1 Å². The predicted molar refractivity (Wildman–Crippen MR) is 113 cm³/mol. The van der Waals surface area contributed by atoms with Gasteiger partial charge in [0.2, 0.25) is 0 Å². The number of aliphatic hydroxyl groups is 2. The van der Waals surface area contributed by atoms with Gasteiger partial charge in [-0.05, 0) is 91.8 Å². The molecule has 4 aliphatic rings. The van der Waals surface area contributed by atoms with Crippen LogP contribution in [-0.2, 0) is 4.79 Å². The zero-order chi connectivity index (χ0) is 21.2. The van der Waals surface area contributed by atoms with Gasteiger partial charge in [-0.25, -0.2) is 4.79 Å². The van der Waals surface area contributed by atoms with Gasteiger partial charge in [-0.3, -0.25) is 0 Å². The van der Waals surface area contributed by atoms with Gasteiger partial charge in [-0.15, -0.1) is 0 Å². The number of hydrogen-bond donors (Lipinski definition) is 3. The lowest BCUT2D eigenvalue weighted by Gasteiger charge is -2.64. The summed E-state index contributed by atoms with van der Waals surface area (Å²) in [5, 5.41) is 31.9. The van der Waals surface area contributed by atoms with Gasteiger partial charge in [0.05, 0.1) is 6.10 Å². The fourth-order valence-electron chi connectivity index (χ4n) is 9.26. The first-order valence-corrected chi connectivity index (χ1v) is 12.2. The second kappa shape index (κ2) is 7.22. The molecule has 0 aromatic heterocycles. The molecule has 0 spiro atoms. The van der Waals surface area contributed by atoms with Crippen molar-refractivity contribution in [2.45, 2.75) is 104 Å². The molecule has 0 aliphatic heterocycles. The summed E-state index contributed by atoms with van der Waals surface area (Å²) in [7, 11) is 0. The van der Waals surface area contributed by atoms with Gasteiger partial charge in [-0.1, -0.05) is 40.5 Å². The van der Waals surface area contributed by atoms with Crippen LogP contribution in [0.4, 0.5) is 0 Å². The Balaban J connectivity index is 1.69. The van der Waals surface area contributed by atoms with Crippen molar-refractivity contribution >= 4 is 5.97 Å². The fourth-order valence-corrected chi connectivity index (χ4v) is 9.26. The lowest BCUT2D eigenvalue weighted by atomic mass is 9.41. The number of carboxylic acid groups (broad SMARTS) is 1. The Morgan fingerprint density at radius 2 is 1.72 bits per heavy atom. The minimum atomic E-state index is -1.69. The van der Waals surface area contributed by atoms with Crippen LogP contribution in [-0.4, -0.2) is 33.0 Å².